The lowest BCUT2D eigenvalue weighted by Gasteiger charge is -2.02. The minimum absolute atomic E-state index is 0.179. The summed E-state index contributed by atoms with van der Waals surface area (Å²) in [7, 11) is 0. The van der Waals surface area contributed by atoms with Gasteiger partial charge in [-0.3, -0.25) is 10.1 Å². The fraction of sp³-hybridized carbons (Fsp3) is 0.294. The molecule has 114 valence electrons. The van der Waals surface area contributed by atoms with Gasteiger partial charge >= 0.3 is 0 Å². The Hall–Kier alpha value is -2.56. The molecule has 0 bridgehead atoms. The number of nitrogens with one attached hydrogen (secondary N) is 3. The fourth-order valence-corrected chi connectivity index (χ4v) is 2.27. The predicted molar refractivity (Wildman–Crippen MR) is 89.1 cm³/mol. The van der Waals surface area contributed by atoms with Gasteiger partial charge in [0, 0.05) is 28.9 Å². The molecule has 0 saturated heterocycles. The van der Waals surface area contributed by atoms with Crippen molar-refractivity contribution >= 4 is 30.6 Å². The van der Waals surface area contributed by atoms with Gasteiger partial charge in [0.25, 0.3) is 5.91 Å². The number of guanidine groups is 1. The van der Waals surface area contributed by atoms with E-state index in [1.165, 1.54) is 12.8 Å². The summed E-state index contributed by atoms with van der Waals surface area (Å²) in [5, 5.41) is 7.72. The maximum absolute atomic E-state index is 12.0. The van der Waals surface area contributed by atoms with Crippen LogP contribution in [-0.2, 0) is 4.79 Å². The van der Waals surface area contributed by atoms with Gasteiger partial charge < -0.3 is 10.3 Å². The molecular formula is C17H20N4O. The lowest BCUT2D eigenvalue weighted by atomic mass is 10.2. The van der Waals surface area contributed by atoms with Crippen LogP contribution in [0.5, 0.6) is 0 Å². The van der Waals surface area contributed by atoms with E-state index in [0.29, 0.717) is 11.7 Å². The molecule has 0 radical (unpaired) electrons. The van der Waals surface area contributed by atoms with Crippen molar-refractivity contribution in [3.05, 3.63) is 40.2 Å². The Labute approximate surface area is 129 Å². The molecule has 0 spiro atoms. The Morgan fingerprint density at radius 3 is 3.05 bits per heavy atom. The Morgan fingerprint density at radius 1 is 1.50 bits per heavy atom. The molecule has 1 aliphatic carbocycles. The third-order valence-corrected chi connectivity index (χ3v) is 3.74. The molecule has 1 fully saturated rings. The third-order valence-electron chi connectivity index (χ3n) is 3.74. The van der Waals surface area contributed by atoms with Crippen LogP contribution in [0.1, 0.15) is 25.3 Å². The number of carbonyl (C=O) groups is 1. The normalized spacial score (nSPS) is 20.8. The molecule has 3 rings (SSSR count). The lowest BCUT2D eigenvalue weighted by Crippen LogP contribution is -2.37. The summed E-state index contributed by atoms with van der Waals surface area (Å²) >= 11 is 0. The van der Waals surface area contributed by atoms with Crippen LogP contribution in [0.4, 0.5) is 0 Å². The second kappa shape index (κ2) is 6.05. The average Bonchev–Trinajstić information content (AvgIpc) is 3.18. The van der Waals surface area contributed by atoms with E-state index in [2.05, 4.69) is 27.2 Å². The number of hydrogen-bond acceptors (Lipinski definition) is 3. The first-order chi connectivity index (χ1) is 10.7. The van der Waals surface area contributed by atoms with E-state index in [0.717, 1.165) is 28.6 Å². The summed E-state index contributed by atoms with van der Waals surface area (Å²) in [6.45, 7) is 6.79. The molecule has 1 aliphatic heterocycles. The van der Waals surface area contributed by atoms with Gasteiger partial charge in [0.15, 0.2) is 0 Å². The van der Waals surface area contributed by atoms with Gasteiger partial charge in [0.05, 0.1) is 0 Å². The zero-order chi connectivity index (χ0) is 15.5. The fourth-order valence-electron chi connectivity index (χ4n) is 2.27. The van der Waals surface area contributed by atoms with E-state index in [1.807, 2.05) is 31.3 Å². The highest BCUT2D eigenvalue weighted by molar-refractivity contribution is 6.13. The molecule has 1 saturated carbocycles. The van der Waals surface area contributed by atoms with E-state index >= 15 is 0 Å². The van der Waals surface area contributed by atoms with Crippen LogP contribution in [0, 0.1) is 5.92 Å². The smallest absolute Gasteiger partial charge is 0.276 e. The van der Waals surface area contributed by atoms with Crippen molar-refractivity contribution in [1.29, 1.82) is 0 Å². The summed E-state index contributed by atoms with van der Waals surface area (Å²) in [6, 6.07) is 0. The molecule has 0 aromatic carbocycles. The number of amides is 1. The van der Waals surface area contributed by atoms with Crippen LogP contribution >= 0.6 is 0 Å². The minimum Gasteiger partial charge on any atom is -0.361 e. The van der Waals surface area contributed by atoms with Crippen LogP contribution in [0.15, 0.2) is 29.0 Å². The maximum atomic E-state index is 12.0. The average molecular weight is 296 g/mol. The first-order valence-corrected chi connectivity index (χ1v) is 7.52. The number of aliphatic imine (C=N–C) groups is 1. The maximum Gasteiger partial charge on any atom is 0.276 e. The molecule has 0 unspecified atom stereocenters. The molecule has 5 heteroatoms. The Morgan fingerprint density at radius 2 is 2.32 bits per heavy atom. The molecule has 5 nitrogen and oxygen atoms in total. The minimum atomic E-state index is -0.179. The van der Waals surface area contributed by atoms with Crippen molar-refractivity contribution in [2.75, 3.05) is 6.54 Å². The molecule has 1 aromatic rings. The highest BCUT2D eigenvalue weighted by atomic mass is 16.2. The number of carbonyl (C=O) groups excluding carboxylic acids is 1. The van der Waals surface area contributed by atoms with Crippen molar-refractivity contribution < 1.29 is 4.79 Å². The second-order valence-corrected chi connectivity index (χ2v) is 5.60. The molecule has 1 aromatic heterocycles. The highest BCUT2D eigenvalue weighted by Gasteiger charge is 2.24. The largest absolute Gasteiger partial charge is 0.361 e. The number of rotatable bonds is 4. The number of allylic oxidation sites excluding steroid dienone is 2. The molecule has 3 N–H and O–H groups in total. The van der Waals surface area contributed by atoms with Crippen molar-refractivity contribution in [1.82, 2.24) is 15.6 Å². The summed E-state index contributed by atoms with van der Waals surface area (Å²) in [5.74, 6) is 1.10. The predicted octanol–water partition coefficient (Wildman–Crippen LogP) is 0.608. The van der Waals surface area contributed by atoms with Crippen molar-refractivity contribution in [2.45, 2.75) is 19.8 Å². The third kappa shape index (κ3) is 3.19. The monoisotopic (exact) mass is 296 g/mol. The number of aromatic nitrogens is 1. The van der Waals surface area contributed by atoms with Crippen LogP contribution in [-0.4, -0.2) is 23.4 Å². The van der Waals surface area contributed by atoms with Gasteiger partial charge in [-0.2, -0.15) is 0 Å². The van der Waals surface area contributed by atoms with Crippen LogP contribution in [0.3, 0.4) is 0 Å². The quantitative estimate of drug-likeness (QED) is 0.713. The molecular weight excluding hydrogens is 276 g/mol. The van der Waals surface area contributed by atoms with Gasteiger partial charge in [-0.1, -0.05) is 24.8 Å². The van der Waals surface area contributed by atoms with Gasteiger partial charge in [0.1, 0.15) is 5.70 Å². The van der Waals surface area contributed by atoms with Crippen molar-refractivity contribution in [3.63, 3.8) is 0 Å². The number of aromatic amines is 1. The topological polar surface area (TPSA) is 69.3 Å². The van der Waals surface area contributed by atoms with E-state index in [9.17, 15) is 4.79 Å². The summed E-state index contributed by atoms with van der Waals surface area (Å²) in [6.07, 6.45) is 12.0. The van der Waals surface area contributed by atoms with Crippen LogP contribution < -0.4 is 21.2 Å². The van der Waals surface area contributed by atoms with E-state index < -0.39 is 0 Å². The Kier molecular flexibility index (Phi) is 3.96. The standard InChI is InChI=1S/C17H20N4O/c1-3-4-5-14-11(2)18-10-13(14)8-15-16(22)21-17(20-15)19-9-12-6-7-12/h3-5,8,10,12,18H,2,6-7,9H2,1H3,(H2,19,20,21,22)/b4-3-,14-5+,15-8-. The summed E-state index contributed by atoms with van der Waals surface area (Å²) in [5.41, 5.74) is 1.31. The van der Waals surface area contributed by atoms with Crippen molar-refractivity contribution in [3.8, 4) is 0 Å². The number of H-pyrrole nitrogens is 1. The SMILES string of the molecule is C=c1[nH]cc(/C=C2\N=C(NCC3CC3)NC2=O)/c1=C/C=C\C. The summed E-state index contributed by atoms with van der Waals surface area (Å²) in [4.78, 5) is 19.4. The van der Waals surface area contributed by atoms with E-state index in [-0.39, 0.29) is 5.91 Å². The Bertz CT molecular complexity index is 778. The van der Waals surface area contributed by atoms with E-state index in [4.69, 9.17) is 0 Å². The van der Waals surface area contributed by atoms with Gasteiger partial charge in [-0.05, 0) is 31.8 Å². The van der Waals surface area contributed by atoms with Gasteiger partial charge in [0.2, 0.25) is 5.96 Å². The zero-order valence-corrected chi connectivity index (χ0v) is 12.6. The first-order valence-electron chi connectivity index (χ1n) is 7.52. The van der Waals surface area contributed by atoms with Crippen molar-refractivity contribution in [2.24, 2.45) is 10.9 Å². The molecule has 2 aliphatic rings. The number of hydrogen-bond donors (Lipinski definition) is 3. The molecule has 2 heterocycles. The highest BCUT2D eigenvalue weighted by Crippen LogP contribution is 2.27. The van der Waals surface area contributed by atoms with Crippen LogP contribution in [0.2, 0.25) is 0 Å². The summed E-state index contributed by atoms with van der Waals surface area (Å²) < 4.78 is 0. The van der Waals surface area contributed by atoms with Gasteiger partial charge in [-0.15, -0.1) is 0 Å². The Balaban J connectivity index is 1.85. The molecule has 1 amide bonds. The molecule has 0 atom stereocenters. The zero-order valence-electron chi connectivity index (χ0n) is 12.6. The first kappa shape index (κ1) is 14.4. The van der Waals surface area contributed by atoms with E-state index in [1.54, 1.807) is 6.08 Å². The lowest BCUT2D eigenvalue weighted by molar-refractivity contribution is -0.115. The second-order valence-electron chi connectivity index (χ2n) is 5.60. The number of nitrogens with zero attached hydrogens (tertiary/aromatic N) is 1. The molecule has 22 heavy (non-hydrogen) atoms. The van der Waals surface area contributed by atoms with Crippen LogP contribution in [0.25, 0.3) is 18.7 Å². The van der Waals surface area contributed by atoms with Gasteiger partial charge in [-0.25, -0.2) is 4.99 Å².